The number of aromatic nitrogens is 3. The Morgan fingerprint density at radius 2 is 2.02 bits per heavy atom. The second kappa shape index (κ2) is 11.7. The van der Waals surface area contributed by atoms with E-state index < -0.39 is 40.8 Å². The predicted octanol–water partition coefficient (Wildman–Crippen LogP) is 0.676. The van der Waals surface area contributed by atoms with Crippen molar-refractivity contribution in [2.75, 3.05) is 17.2 Å². The molecule has 41 heavy (non-hydrogen) atoms. The van der Waals surface area contributed by atoms with Crippen molar-refractivity contribution in [3.05, 3.63) is 39.8 Å². The fourth-order valence-electron chi connectivity index (χ4n) is 3.89. The Morgan fingerprint density at radius 1 is 1.32 bits per heavy atom. The zero-order chi connectivity index (χ0) is 30.2. The highest BCUT2D eigenvalue weighted by Gasteiger charge is 2.54. The molecule has 4 heterocycles. The standard InChI is InChI=1S/C24H27N7O7S3/c1-10-6-11(2)30(5)23(26-10)41-8-12-7-39-19-15(18(33)31(19)16(12)20(34)35)28-17(32)14(13-9-40-22(25)27-13)29-38-24(3,4)21(36)37/h6,9,15,19H,7-8H2,1-5H3,(H4-,25,27,28,32,34,35,36,37)/p+1/b29-14-. The minimum Gasteiger partial charge on any atom is -0.478 e. The Morgan fingerprint density at radius 3 is 2.63 bits per heavy atom. The molecule has 17 heteroatoms. The van der Waals surface area contributed by atoms with Gasteiger partial charge in [-0.25, -0.2) is 19.1 Å². The molecule has 5 N–H and O–H groups in total. The van der Waals surface area contributed by atoms with Crippen molar-refractivity contribution in [2.24, 2.45) is 12.2 Å². The fourth-order valence-corrected chi connectivity index (χ4v) is 7.00. The summed E-state index contributed by atoms with van der Waals surface area (Å²) < 4.78 is 1.91. The van der Waals surface area contributed by atoms with Gasteiger partial charge in [0.2, 0.25) is 5.60 Å². The molecule has 2 atom stereocenters. The van der Waals surface area contributed by atoms with E-state index in [0.29, 0.717) is 17.1 Å². The molecule has 4 rings (SSSR count). The highest BCUT2D eigenvalue weighted by Crippen LogP contribution is 2.41. The van der Waals surface area contributed by atoms with Crippen LogP contribution in [-0.2, 0) is 31.1 Å². The van der Waals surface area contributed by atoms with Crippen LogP contribution in [-0.4, -0.2) is 83.1 Å². The number of nitrogen functional groups attached to an aromatic ring is 1. The molecule has 0 radical (unpaired) electrons. The number of amides is 2. The number of carbonyl (C=O) groups excluding carboxylic acids is 2. The topological polar surface area (TPSA) is 201 Å². The van der Waals surface area contributed by atoms with Crippen LogP contribution in [0.5, 0.6) is 0 Å². The van der Waals surface area contributed by atoms with Crippen molar-refractivity contribution in [2.45, 2.75) is 49.9 Å². The molecule has 0 aromatic carbocycles. The molecule has 0 aliphatic carbocycles. The number of nitrogens with zero attached hydrogens (tertiary/aromatic N) is 5. The zero-order valence-corrected chi connectivity index (χ0v) is 25.1. The average Bonchev–Trinajstić information content (AvgIpc) is 3.33. The number of carboxylic acids is 2. The van der Waals surface area contributed by atoms with Crippen molar-refractivity contribution >= 4 is 69.5 Å². The van der Waals surface area contributed by atoms with Crippen LogP contribution in [0.2, 0.25) is 0 Å². The third kappa shape index (κ3) is 6.15. The molecular formula is C24H28N7O7S3+. The lowest BCUT2D eigenvalue weighted by atomic mass is 10.0. The van der Waals surface area contributed by atoms with Gasteiger partial charge < -0.3 is 26.1 Å². The van der Waals surface area contributed by atoms with Gasteiger partial charge in [0.1, 0.15) is 28.5 Å². The van der Waals surface area contributed by atoms with Crippen molar-refractivity contribution in [3.63, 3.8) is 0 Å². The number of nitrogens with one attached hydrogen (secondary N) is 1. The molecule has 2 amide bonds. The lowest BCUT2D eigenvalue weighted by Crippen LogP contribution is -2.71. The summed E-state index contributed by atoms with van der Waals surface area (Å²) in [7, 11) is 1.87. The van der Waals surface area contributed by atoms with E-state index >= 15 is 0 Å². The number of nitrogens with two attached hydrogens (primary N) is 1. The number of anilines is 1. The van der Waals surface area contributed by atoms with Crippen molar-refractivity contribution in [1.29, 1.82) is 0 Å². The molecular weight excluding hydrogens is 595 g/mol. The van der Waals surface area contributed by atoms with Crippen LogP contribution in [0.4, 0.5) is 5.13 Å². The minimum absolute atomic E-state index is 0.0321. The lowest BCUT2D eigenvalue weighted by Gasteiger charge is -2.49. The van der Waals surface area contributed by atoms with E-state index in [1.54, 1.807) is 0 Å². The highest BCUT2D eigenvalue weighted by atomic mass is 32.2. The van der Waals surface area contributed by atoms with E-state index in [0.717, 1.165) is 27.9 Å². The Bertz CT molecular complexity index is 1500. The molecule has 0 saturated carbocycles. The van der Waals surface area contributed by atoms with Gasteiger partial charge in [-0.15, -0.1) is 23.1 Å². The number of β-lactam (4-membered cyclic amide) rings is 1. The van der Waals surface area contributed by atoms with Crippen LogP contribution < -0.4 is 15.6 Å². The smallest absolute Gasteiger partial charge is 0.359 e. The molecule has 2 aliphatic rings. The number of aryl methyl sites for hydroxylation is 2. The van der Waals surface area contributed by atoms with Gasteiger partial charge in [-0.3, -0.25) is 14.5 Å². The summed E-state index contributed by atoms with van der Waals surface area (Å²) in [6, 6.07) is 0.891. The fraction of sp³-hybridized carbons (Fsp3) is 0.417. The van der Waals surface area contributed by atoms with Gasteiger partial charge in [-0.2, -0.15) is 0 Å². The number of thioether (sulfide) groups is 2. The summed E-state index contributed by atoms with van der Waals surface area (Å²) in [6.07, 6.45) is 0. The minimum atomic E-state index is -1.76. The van der Waals surface area contributed by atoms with Gasteiger partial charge in [0, 0.05) is 29.9 Å². The van der Waals surface area contributed by atoms with Crippen LogP contribution in [0.1, 0.15) is 30.9 Å². The molecule has 1 saturated heterocycles. The maximum absolute atomic E-state index is 13.2. The quantitative estimate of drug-likeness (QED) is 0.0722. The van der Waals surface area contributed by atoms with Crippen molar-refractivity contribution in [1.82, 2.24) is 20.2 Å². The first-order chi connectivity index (χ1) is 19.2. The van der Waals surface area contributed by atoms with Crippen LogP contribution >= 0.6 is 34.9 Å². The number of fused-ring (bicyclic) bond motifs is 1. The number of thiazole rings is 1. The Balaban J connectivity index is 1.53. The van der Waals surface area contributed by atoms with E-state index in [1.807, 2.05) is 31.5 Å². The number of aliphatic carboxylic acids is 2. The number of rotatable bonds is 10. The number of hydrogen-bond donors (Lipinski definition) is 4. The molecule has 1 fully saturated rings. The average molecular weight is 623 g/mol. The van der Waals surface area contributed by atoms with Gasteiger partial charge in [0.05, 0.1) is 7.05 Å². The van der Waals surface area contributed by atoms with Crippen LogP contribution in [0, 0.1) is 13.8 Å². The SMILES string of the molecule is Cc1cc(C)[n+](C)c(SCC2=C(C(=O)O)N3C(=O)C(NC(=O)/C(=N\OC(C)(C)C(=O)O)c4csc(N)n4)C3SC2)n1. The number of carboxylic acid groups (broad SMARTS) is 2. The predicted molar refractivity (Wildman–Crippen MR) is 151 cm³/mol. The van der Waals surface area contributed by atoms with Gasteiger partial charge in [0.15, 0.2) is 16.5 Å². The van der Waals surface area contributed by atoms with Gasteiger partial charge in [-0.1, -0.05) is 5.16 Å². The third-order valence-corrected chi connectivity index (χ3v) is 9.41. The first kappa shape index (κ1) is 30.3. The van der Waals surface area contributed by atoms with Crippen LogP contribution in [0.15, 0.2) is 33.0 Å². The summed E-state index contributed by atoms with van der Waals surface area (Å²) in [6.45, 7) is 6.34. The van der Waals surface area contributed by atoms with Crippen LogP contribution in [0.3, 0.4) is 0 Å². The Kier molecular flexibility index (Phi) is 8.60. The molecule has 2 unspecified atom stereocenters. The molecule has 14 nitrogen and oxygen atoms in total. The second-order valence-electron chi connectivity index (χ2n) is 9.71. The summed E-state index contributed by atoms with van der Waals surface area (Å²) in [5.41, 5.74) is 5.88. The van der Waals surface area contributed by atoms with Crippen molar-refractivity contribution < 1.29 is 38.8 Å². The summed E-state index contributed by atoms with van der Waals surface area (Å²) in [4.78, 5) is 64.9. The molecule has 0 bridgehead atoms. The number of oxime groups is 1. The van der Waals surface area contributed by atoms with Gasteiger partial charge in [0.25, 0.3) is 11.8 Å². The maximum Gasteiger partial charge on any atom is 0.359 e. The number of carbonyl (C=O) groups is 4. The number of hydrogen-bond acceptors (Lipinski definition) is 12. The monoisotopic (exact) mass is 622 g/mol. The third-order valence-electron chi connectivity index (χ3n) is 6.28. The summed E-state index contributed by atoms with van der Waals surface area (Å²) in [5, 5.41) is 27.3. The van der Waals surface area contributed by atoms with E-state index in [9.17, 15) is 29.4 Å². The molecule has 2 aromatic heterocycles. The van der Waals surface area contributed by atoms with E-state index in [-0.39, 0.29) is 22.2 Å². The summed E-state index contributed by atoms with van der Waals surface area (Å²) >= 11 is 3.73. The lowest BCUT2D eigenvalue weighted by molar-refractivity contribution is -0.719. The first-order valence-electron chi connectivity index (χ1n) is 12.1. The van der Waals surface area contributed by atoms with E-state index in [4.69, 9.17) is 10.6 Å². The zero-order valence-electron chi connectivity index (χ0n) is 22.7. The van der Waals surface area contributed by atoms with E-state index in [2.05, 4.69) is 20.4 Å². The first-order valence-corrected chi connectivity index (χ1v) is 15.0. The summed E-state index contributed by atoms with van der Waals surface area (Å²) in [5.74, 6) is -3.38. The normalized spacial score (nSPS) is 19.0. The Labute approximate surface area is 247 Å². The second-order valence-corrected chi connectivity index (χ2v) is 12.6. The van der Waals surface area contributed by atoms with E-state index in [1.165, 1.54) is 47.7 Å². The highest BCUT2D eigenvalue weighted by molar-refractivity contribution is 8.01. The molecule has 2 aromatic rings. The molecule has 0 spiro atoms. The van der Waals surface area contributed by atoms with Gasteiger partial charge in [-0.05, 0) is 43.1 Å². The maximum atomic E-state index is 13.2. The Hall–Kier alpha value is -3.70. The van der Waals surface area contributed by atoms with Crippen LogP contribution in [0.25, 0.3) is 0 Å². The largest absolute Gasteiger partial charge is 0.478 e. The van der Waals surface area contributed by atoms with Gasteiger partial charge >= 0.3 is 17.1 Å². The molecule has 2 aliphatic heterocycles. The van der Waals surface area contributed by atoms with Crippen molar-refractivity contribution in [3.8, 4) is 0 Å². The molecule has 218 valence electrons.